The van der Waals surface area contributed by atoms with Crippen LogP contribution in [0.1, 0.15) is 5.89 Å². The zero-order valence-corrected chi connectivity index (χ0v) is 9.85. The number of benzene rings is 1. The normalized spacial score (nSPS) is 10.9. The van der Waals surface area contributed by atoms with E-state index < -0.39 is 0 Å². The molecule has 6 nitrogen and oxygen atoms in total. The van der Waals surface area contributed by atoms with Crippen LogP contribution < -0.4 is 5.43 Å². The van der Waals surface area contributed by atoms with Crippen molar-refractivity contribution in [2.75, 3.05) is 5.43 Å². The lowest BCUT2D eigenvalue weighted by Crippen LogP contribution is -1.90. The van der Waals surface area contributed by atoms with E-state index in [-0.39, 0.29) is 0 Å². The van der Waals surface area contributed by atoms with E-state index >= 15 is 0 Å². The Morgan fingerprint density at radius 2 is 2.05 bits per heavy atom. The van der Waals surface area contributed by atoms with Gasteiger partial charge in [0.15, 0.2) is 12.2 Å². The first-order valence-electron chi connectivity index (χ1n) is 5.59. The number of hydrazone groups is 1. The summed E-state index contributed by atoms with van der Waals surface area (Å²) in [6.45, 7) is 0. The van der Waals surface area contributed by atoms with Crippen LogP contribution in [0.4, 0.5) is 5.69 Å². The van der Waals surface area contributed by atoms with Crippen LogP contribution in [0.3, 0.4) is 0 Å². The highest BCUT2D eigenvalue weighted by atomic mass is 16.3. The number of nitrogens with zero attached hydrogens (tertiary/aromatic N) is 3. The van der Waals surface area contributed by atoms with E-state index in [1.54, 1.807) is 12.4 Å². The van der Waals surface area contributed by atoms with Crippen molar-refractivity contribution >= 4 is 11.9 Å². The van der Waals surface area contributed by atoms with Crippen LogP contribution in [0.15, 0.2) is 63.3 Å². The Labute approximate surface area is 108 Å². The second kappa shape index (κ2) is 5.18. The summed E-state index contributed by atoms with van der Waals surface area (Å²) < 4.78 is 10.2. The summed E-state index contributed by atoms with van der Waals surface area (Å²) in [5.74, 6) is 1.18. The summed E-state index contributed by atoms with van der Waals surface area (Å²) in [5.41, 5.74) is 4.69. The second-order valence-corrected chi connectivity index (χ2v) is 3.68. The molecular formula is C13H10N4O2. The molecule has 0 radical (unpaired) electrons. The lowest BCUT2D eigenvalue weighted by Gasteiger charge is -2.00. The zero-order chi connectivity index (χ0) is 12.9. The van der Waals surface area contributed by atoms with E-state index in [1.807, 2.05) is 24.3 Å². The van der Waals surface area contributed by atoms with E-state index in [4.69, 9.17) is 8.83 Å². The minimum absolute atomic E-state index is 0.450. The van der Waals surface area contributed by atoms with Gasteiger partial charge in [0, 0.05) is 5.56 Å². The molecule has 2 heterocycles. The van der Waals surface area contributed by atoms with Crippen LogP contribution in [0, 0.1) is 0 Å². The Balaban J connectivity index is 1.66. The fourth-order valence-electron chi connectivity index (χ4n) is 1.53. The third-order valence-corrected chi connectivity index (χ3v) is 2.42. The number of anilines is 1. The van der Waals surface area contributed by atoms with Gasteiger partial charge in [0.1, 0.15) is 12.5 Å². The first kappa shape index (κ1) is 11.2. The van der Waals surface area contributed by atoms with Crippen molar-refractivity contribution in [3.05, 3.63) is 55.2 Å². The Morgan fingerprint density at radius 3 is 2.74 bits per heavy atom. The van der Waals surface area contributed by atoms with Crippen LogP contribution in [0.25, 0.3) is 11.3 Å². The van der Waals surface area contributed by atoms with Crippen molar-refractivity contribution in [2.45, 2.75) is 0 Å². The van der Waals surface area contributed by atoms with Gasteiger partial charge in [0.25, 0.3) is 0 Å². The van der Waals surface area contributed by atoms with Gasteiger partial charge in [0.05, 0.1) is 18.1 Å². The smallest absolute Gasteiger partial charge is 0.239 e. The zero-order valence-electron chi connectivity index (χ0n) is 9.85. The summed E-state index contributed by atoms with van der Waals surface area (Å²) in [7, 11) is 0. The molecule has 19 heavy (non-hydrogen) atoms. The molecule has 0 saturated heterocycles. The molecule has 0 aliphatic carbocycles. The SMILES string of the molecule is C(=NNc1ccc(-c2cnco2)cc1)c1ncco1. The van der Waals surface area contributed by atoms with Gasteiger partial charge in [-0.2, -0.15) is 5.10 Å². The van der Waals surface area contributed by atoms with Gasteiger partial charge in [-0.3, -0.25) is 5.43 Å². The van der Waals surface area contributed by atoms with Crippen molar-refractivity contribution < 1.29 is 8.83 Å². The summed E-state index contributed by atoms with van der Waals surface area (Å²) in [6.07, 6.45) is 7.64. The topological polar surface area (TPSA) is 76.5 Å². The highest BCUT2D eigenvalue weighted by Crippen LogP contribution is 2.20. The highest BCUT2D eigenvalue weighted by molar-refractivity contribution is 5.74. The maximum atomic E-state index is 5.21. The fourth-order valence-corrected chi connectivity index (χ4v) is 1.53. The van der Waals surface area contributed by atoms with Crippen LogP contribution in [-0.2, 0) is 0 Å². The van der Waals surface area contributed by atoms with Gasteiger partial charge in [-0.05, 0) is 24.3 Å². The first-order valence-corrected chi connectivity index (χ1v) is 5.59. The molecule has 0 bridgehead atoms. The molecule has 0 atom stereocenters. The molecule has 0 saturated carbocycles. The standard InChI is InChI=1S/C13H10N4O2/c1-3-11(17-16-8-13-15-5-6-18-13)4-2-10(1)12-7-14-9-19-12/h1-9,17H. The lowest BCUT2D eigenvalue weighted by atomic mass is 10.2. The van der Waals surface area contributed by atoms with E-state index in [0.717, 1.165) is 17.0 Å². The maximum absolute atomic E-state index is 5.21. The second-order valence-electron chi connectivity index (χ2n) is 3.68. The summed E-state index contributed by atoms with van der Waals surface area (Å²) in [4.78, 5) is 7.80. The highest BCUT2D eigenvalue weighted by Gasteiger charge is 2.00. The third kappa shape index (κ3) is 2.68. The Hall–Kier alpha value is -2.89. The van der Waals surface area contributed by atoms with Crippen LogP contribution in [0.5, 0.6) is 0 Å². The number of hydrogen-bond acceptors (Lipinski definition) is 6. The number of nitrogens with one attached hydrogen (secondary N) is 1. The van der Waals surface area contributed by atoms with Crippen LogP contribution in [0.2, 0.25) is 0 Å². The van der Waals surface area contributed by atoms with Gasteiger partial charge in [0.2, 0.25) is 5.89 Å². The minimum Gasteiger partial charge on any atom is -0.444 e. The van der Waals surface area contributed by atoms with E-state index in [9.17, 15) is 0 Å². The summed E-state index contributed by atoms with van der Waals surface area (Å²) >= 11 is 0. The monoisotopic (exact) mass is 254 g/mol. The lowest BCUT2D eigenvalue weighted by molar-refractivity contribution is 0.550. The molecule has 0 fully saturated rings. The number of hydrogen-bond donors (Lipinski definition) is 1. The molecule has 0 unspecified atom stereocenters. The Kier molecular flexibility index (Phi) is 3.05. The summed E-state index contributed by atoms with van der Waals surface area (Å²) in [5, 5.41) is 4.01. The molecule has 3 aromatic rings. The molecule has 0 amide bonds. The molecule has 6 heteroatoms. The number of aromatic nitrogens is 2. The van der Waals surface area contributed by atoms with Crippen LogP contribution >= 0.6 is 0 Å². The molecule has 1 N–H and O–H groups in total. The molecule has 0 aliphatic rings. The summed E-state index contributed by atoms with van der Waals surface area (Å²) in [6, 6.07) is 7.63. The Bertz CT molecular complexity index is 643. The average molecular weight is 254 g/mol. The van der Waals surface area contributed by atoms with Crippen molar-refractivity contribution in [1.82, 2.24) is 9.97 Å². The van der Waals surface area contributed by atoms with Crippen molar-refractivity contribution in [2.24, 2.45) is 5.10 Å². The molecule has 0 aliphatic heterocycles. The van der Waals surface area contributed by atoms with Crippen molar-refractivity contribution in [3.63, 3.8) is 0 Å². The van der Waals surface area contributed by atoms with Crippen molar-refractivity contribution in [1.29, 1.82) is 0 Å². The molecule has 1 aromatic carbocycles. The molecular weight excluding hydrogens is 244 g/mol. The number of oxazole rings is 2. The van der Waals surface area contributed by atoms with Gasteiger partial charge in [-0.15, -0.1) is 0 Å². The number of rotatable bonds is 4. The van der Waals surface area contributed by atoms with E-state index in [2.05, 4.69) is 20.5 Å². The predicted octanol–water partition coefficient (Wildman–Crippen LogP) is 2.78. The molecule has 94 valence electrons. The third-order valence-electron chi connectivity index (χ3n) is 2.42. The van der Waals surface area contributed by atoms with E-state index in [0.29, 0.717) is 5.89 Å². The van der Waals surface area contributed by atoms with Crippen molar-refractivity contribution in [3.8, 4) is 11.3 Å². The quantitative estimate of drug-likeness (QED) is 0.572. The van der Waals surface area contributed by atoms with Gasteiger partial charge < -0.3 is 8.83 Å². The van der Waals surface area contributed by atoms with Crippen LogP contribution in [-0.4, -0.2) is 16.2 Å². The minimum atomic E-state index is 0.450. The van der Waals surface area contributed by atoms with Gasteiger partial charge in [-0.1, -0.05) is 0 Å². The molecule has 2 aromatic heterocycles. The van der Waals surface area contributed by atoms with Gasteiger partial charge in [-0.25, -0.2) is 9.97 Å². The fraction of sp³-hybridized carbons (Fsp3) is 0. The van der Waals surface area contributed by atoms with Gasteiger partial charge >= 0.3 is 0 Å². The average Bonchev–Trinajstić information content (AvgIpc) is 3.13. The first-order chi connectivity index (χ1) is 9.42. The Morgan fingerprint density at radius 1 is 1.16 bits per heavy atom. The molecule has 3 rings (SSSR count). The predicted molar refractivity (Wildman–Crippen MR) is 69.7 cm³/mol. The largest absolute Gasteiger partial charge is 0.444 e. The van der Waals surface area contributed by atoms with E-state index in [1.165, 1.54) is 18.9 Å². The maximum Gasteiger partial charge on any atom is 0.239 e. The molecule has 0 spiro atoms.